The van der Waals surface area contributed by atoms with Crippen LogP contribution in [-0.4, -0.2) is 34.5 Å². The van der Waals surface area contributed by atoms with Gasteiger partial charge in [-0.25, -0.2) is 5.01 Å². The summed E-state index contributed by atoms with van der Waals surface area (Å²) >= 11 is 5.82. The second-order valence-corrected chi connectivity index (χ2v) is 7.36. The summed E-state index contributed by atoms with van der Waals surface area (Å²) in [6.45, 7) is 3.75. The number of halogens is 1. The van der Waals surface area contributed by atoms with E-state index in [1.165, 1.54) is 11.9 Å². The molecular weight excluding hydrogens is 394 g/mol. The summed E-state index contributed by atoms with van der Waals surface area (Å²) in [5.41, 5.74) is 5.02. The lowest BCUT2D eigenvalue weighted by Crippen LogP contribution is -2.36. The topological polar surface area (TPSA) is 80.2 Å². The Kier molecular flexibility index (Phi) is 5.25. The molecule has 0 spiro atoms. The van der Waals surface area contributed by atoms with E-state index >= 15 is 0 Å². The van der Waals surface area contributed by atoms with Crippen LogP contribution < -0.4 is 10.2 Å². The molecule has 1 unspecified atom stereocenters. The third kappa shape index (κ3) is 3.83. The van der Waals surface area contributed by atoms with Gasteiger partial charge in [-0.15, -0.1) is 11.6 Å². The van der Waals surface area contributed by atoms with E-state index in [2.05, 4.69) is 5.32 Å². The van der Waals surface area contributed by atoms with Gasteiger partial charge in [0.05, 0.1) is 11.8 Å². The zero-order valence-electron chi connectivity index (χ0n) is 16.1. The number of carbonyl (C=O) groups is 2. The van der Waals surface area contributed by atoms with E-state index in [4.69, 9.17) is 26.5 Å². The van der Waals surface area contributed by atoms with Gasteiger partial charge in [0.15, 0.2) is 5.75 Å². The smallest absolute Gasteiger partial charge is 0.257 e. The molecule has 0 aromatic heterocycles. The van der Waals surface area contributed by atoms with Crippen LogP contribution in [0.3, 0.4) is 0 Å². The van der Waals surface area contributed by atoms with Crippen molar-refractivity contribution in [3.63, 3.8) is 0 Å². The number of alkyl halides is 1. The second kappa shape index (κ2) is 7.85. The molecule has 2 aliphatic rings. The van der Waals surface area contributed by atoms with Crippen molar-refractivity contribution in [3.05, 3.63) is 58.7 Å². The summed E-state index contributed by atoms with van der Waals surface area (Å²) in [6, 6.07) is 11.1. The molecule has 0 aliphatic carbocycles. The number of anilines is 1. The Morgan fingerprint density at radius 1 is 1.24 bits per heavy atom. The lowest BCUT2D eigenvalue weighted by atomic mass is 9.92. The first-order valence-electron chi connectivity index (χ1n) is 9.26. The van der Waals surface area contributed by atoms with Gasteiger partial charge in [-0.2, -0.15) is 9.99 Å². The molecule has 7 nitrogen and oxygen atoms in total. The standard InChI is InChI=1S/C21H20ClN3O4/c1-12-7-15-9-19-16(11-28-29-19)8-18(15)21(24-25(12)20(27)10-22)14-3-5-17(6-4-14)23-13(2)26/h3-6,8-9,12H,7,10-11H2,1-2H3,(H,23,26). The minimum atomic E-state index is -0.258. The second-order valence-electron chi connectivity index (χ2n) is 7.09. The molecule has 4 rings (SSSR count). The molecule has 0 saturated carbocycles. The van der Waals surface area contributed by atoms with Crippen LogP contribution in [0.2, 0.25) is 0 Å². The van der Waals surface area contributed by atoms with E-state index in [0.717, 1.165) is 22.3 Å². The van der Waals surface area contributed by atoms with Crippen LogP contribution in [0, 0.1) is 0 Å². The molecule has 2 aromatic carbocycles. The summed E-state index contributed by atoms with van der Waals surface area (Å²) in [5.74, 6) is 0.143. The average Bonchev–Trinajstić information content (AvgIpc) is 3.10. The van der Waals surface area contributed by atoms with E-state index in [9.17, 15) is 9.59 Å². The third-order valence-electron chi connectivity index (χ3n) is 4.89. The molecule has 2 heterocycles. The molecule has 150 valence electrons. The number of nitrogens with zero attached hydrogens (tertiary/aromatic N) is 2. The molecule has 2 aliphatic heterocycles. The highest BCUT2D eigenvalue weighted by Gasteiger charge is 2.29. The molecule has 29 heavy (non-hydrogen) atoms. The van der Waals surface area contributed by atoms with Crippen molar-refractivity contribution in [2.45, 2.75) is 32.9 Å². The first-order valence-corrected chi connectivity index (χ1v) is 9.80. The minimum absolute atomic E-state index is 0.141. The van der Waals surface area contributed by atoms with Crippen molar-refractivity contribution in [2.75, 3.05) is 11.2 Å². The van der Waals surface area contributed by atoms with Crippen molar-refractivity contribution >= 4 is 34.8 Å². The largest absolute Gasteiger partial charge is 0.337 e. The van der Waals surface area contributed by atoms with Crippen molar-refractivity contribution in [1.82, 2.24) is 5.01 Å². The van der Waals surface area contributed by atoms with E-state index in [1.807, 2.05) is 31.2 Å². The van der Waals surface area contributed by atoms with Gasteiger partial charge in [0.2, 0.25) is 5.91 Å². The molecule has 8 heteroatoms. The molecule has 0 bridgehead atoms. The Balaban J connectivity index is 1.83. The summed E-state index contributed by atoms with van der Waals surface area (Å²) in [7, 11) is 0. The Morgan fingerprint density at radius 2 is 2.00 bits per heavy atom. The van der Waals surface area contributed by atoms with Crippen LogP contribution in [0.5, 0.6) is 5.75 Å². The summed E-state index contributed by atoms with van der Waals surface area (Å²) in [4.78, 5) is 34.1. The van der Waals surface area contributed by atoms with Crippen molar-refractivity contribution in [3.8, 4) is 5.75 Å². The van der Waals surface area contributed by atoms with Gasteiger partial charge < -0.3 is 10.2 Å². The quantitative estimate of drug-likeness (QED) is 0.618. The lowest BCUT2D eigenvalue weighted by Gasteiger charge is -2.22. The fraction of sp³-hybridized carbons (Fsp3) is 0.286. The molecule has 2 aromatic rings. The third-order valence-corrected chi connectivity index (χ3v) is 5.12. The minimum Gasteiger partial charge on any atom is -0.337 e. The van der Waals surface area contributed by atoms with Gasteiger partial charge in [-0.05, 0) is 43.2 Å². The zero-order chi connectivity index (χ0) is 20.5. The molecule has 0 saturated heterocycles. The highest BCUT2D eigenvalue weighted by molar-refractivity contribution is 6.27. The van der Waals surface area contributed by atoms with Crippen molar-refractivity contribution < 1.29 is 19.4 Å². The van der Waals surface area contributed by atoms with Gasteiger partial charge >= 0.3 is 0 Å². The van der Waals surface area contributed by atoms with Crippen LogP contribution in [0.1, 0.15) is 36.1 Å². The maximum Gasteiger partial charge on any atom is 0.257 e. The molecule has 2 amide bonds. The van der Waals surface area contributed by atoms with E-state index in [-0.39, 0.29) is 23.7 Å². The number of rotatable bonds is 3. The van der Waals surface area contributed by atoms with Gasteiger partial charge in [-0.3, -0.25) is 9.59 Å². The fourth-order valence-corrected chi connectivity index (χ4v) is 3.68. The van der Waals surface area contributed by atoms with Crippen LogP contribution in [-0.2, 0) is 27.5 Å². The van der Waals surface area contributed by atoms with Crippen LogP contribution >= 0.6 is 11.6 Å². The lowest BCUT2D eigenvalue weighted by molar-refractivity contribution is -0.194. The van der Waals surface area contributed by atoms with Gasteiger partial charge in [0, 0.05) is 29.3 Å². The van der Waals surface area contributed by atoms with Gasteiger partial charge in [-0.1, -0.05) is 12.1 Å². The summed E-state index contributed by atoms with van der Waals surface area (Å²) in [5, 5.41) is 8.90. The monoisotopic (exact) mass is 413 g/mol. The predicted octanol–water partition coefficient (Wildman–Crippen LogP) is 3.23. The number of fused-ring (bicyclic) bond motifs is 2. The van der Waals surface area contributed by atoms with Crippen LogP contribution in [0.15, 0.2) is 41.5 Å². The fourth-order valence-electron chi connectivity index (χ4n) is 3.56. The maximum absolute atomic E-state index is 12.4. The number of hydrogen-bond acceptors (Lipinski definition) is 5. The van der Waals surface area contributed by atoms with Crippen molar-refractivity contribution in [1.29, 1.82) is 0 Å². The normalized spacial score (nSPS) is 17.6. The molecule has 1 N–H and O–H groups in total. The molecular formula is C21H20ClN3O4. The molecule has 0 radical (unpaired) electrons. The Bertz CT molecular complexity index is 1000. The molecule has 1 atom stereocenters. The van der Waals surface area contributed by atoms with E-state index < -0.39 is 0 Å². The highest BCUT2D eigenvalue weighted by atomic mass is 35.5. The van der Waals surface area contributed by atoms with E-state index in [0.29, 0.717) is 30.2 Å². The van der Waals surface area contributed by atoms with Crippen LogP contribution in [0.25, 0.3) is 0 Å². The van der Waals surface area contributed by atoms with Crippen LogP contribution in [0.4, 0.5) is 5.69 Å². The number of carbonyl (C=O) groups excluding carboxylic acids is 2. The van der Waals surface area contributed by atoms with E-state index in [1.54, 1.807) is 12.1 Å². The number of hydrogen-bond donors (Lipinski definition) is 1. The predicted molar refractivity (Wildman–Crippen MR) is 109 cm³/mol. The first kappa shape index (κ1) is 19.4. The number of amides is 2. The first-order chi connectivity index (χ1) is 14.0. The van der Waals surface area contributed by atoms with Gasteiger partial charge in [0.25, 0.3) is 5.91 Å². The van der Waals surface area contributed by atoms with Crippen molar-refractivity contribution in [2.24, 2.45) is 5.10 Å². The maximum atomic E-state index is 12.4. The number of nitrogens with one attached hydrogen (secondary N) is 1. The Hall–Kier alpha value is -2.90. The Labute approximate surface area is 173 Å². The number of hydrazone groups is 1. The SMILES string of the molecule is CC(=O)Nc1ccc(C2=NN(C(=O)CCl)C(C)Cc3cc4c(cc32)COO4)cc1. The molecule has 0 fully saturated rings. The average molecular weight is 414 g/mol. The summed E-state index contributed by atoms with van der Waals surface area (Å²) in [6.07, 6.45) is 0.603. The Morgan fingerprint density at radius 3 is 2.69 bits per heavy atom. The van der Waals surface area contributed by atoms with Gasteiger partial charge in [0.1, 0.15) is 12.5 Å². The number of benzene rings is 2. The highest BCUT2D eigenvalue weighted by Crippen LogP contribution is 2.33. The summed E-state index contributed by atoms with van der Waals surface area (Å²) < 4.78 is 0. The zero-order valence-corrected chi connectivity index (χ0v) is 16.8.